The van der Waals surface area contributed by atoms with E-state index in [1.807, 2.05) is 13.8 Å². The van der Waals surface area contributed by atoms with Gasteiger partial charge < -0.3 is 10.3 Å². The lowest BCUT2D eigenvalue weighted by molar-refractivity contribution is -0.105. The van der Waals surface area contributed by atoms with E-state index in [0.29, 0.717) is 23.6 Å². The molecule has 0 atom stereocenters. The fourth-order valence-corrected chi connectivity index (χ4v) is 1.31. The first kappa shape index (κ1) is 9.45. The third kappa shape index (κ3) is 1.61. The van der Waals surface area contributed by atoms with Gasteiger partial charge in [0.25, 0.3) is 0 Å². The van der Waals surface area contributed by atoms with Crippen LogP contribution in [-0.4, -0.2) is 26.6 Å². The second-order valence-corrected chi connectivity index (χ2v) is 3.22. The molecule has 0 spiro atoms. The van der Waals surface area contributed by atoms with Crippen molar-refractivity contribution in [2.45, 2.75) is 13.8 Å². The summed E-state index contributed by atoms with van der Waals surface area (Å²) >= 11 is 0. The summed E-state index contributed by atoms with van der Waals surface area (Å²) in [5.41, 5.74) is 3.21. The Morgan fingerprint density at radius 3 is 2.87 bits per heavy atom. The van der Waals surface area contributed by atoms with Crippen molar-refractivity contribution in [2.75, 3.05) is 5.32 Å². The van der Waals surface area contributed by atoms with Gasteiger partial charge in [-0.3, -0.25) is 9.89 Å². The van der Waals surface area contributed by atoms with E-state index in [9.17, 15) is 4.79 Å². The molecule has 6 heteroatoms. The lowest BCUT2D eigenvalue weighted by Crippen LogP contribution is -1.94. The summed E-state index contributed by atoms with van der Waals surface area (Å²) in [5.74, 6) is 0.673. The monoisotopic (exact) mass is 205 g/mol. The topological polar surface area (TPSA) is 86.5 Å². The number of nitrogens with zero attached hydrogens (tertiary/aromatic N) is 2. The van der Waals surface area contributed by atoms with Gasteiger partial charge in [0.1, 0.15) is 5.69 Å². The van der Waals surface area contributed by atoms with Gasteiger partial charge in [0, 0.05) is 5.69 Å². The van der Waals surface area contributed by atoms with Crippen molar-refractivity contribution in [3.8, 4) is 11.5 Å². The number of aromatic nitrogens is 4. The van der Waals surface area contributed by atoms with Crippen molar-refractivity contribution in [1.29, 1.82) is 0 Å². The zero-order chi connectivity index (χ0) is 10.8. The zero-order valence-corrected chi connectivity index (χ0v) is 8.46. The van der Waals surface area contributed by atoms with Gasteiger partial charge in [-0.05, 0) is 13.8 Å². The molecule has 0 saturated heterocycles. The highest BCUT2D eigenvalue weighted by molar-refractivity contribution is 5.80. The second kappa shape index (κ2) is 3.56. The molecule has 0 aliphatic heterocycles. The first-order chi connectivity index (χ1) is 7.22. The Morgan fingerprint density at radius 2 is 2.27 bits per heavy atom. The summed E-state index contributed by atoms with van der Waals surface area (Å²) in [6, 6.07) is 0. The third-order valence-corrected chi connectivity index (χ3v) is 2.22. The molecule has 0 aliphatic carbocycles. The fraction of sp³-hybridized carbons (Fsp3) is 0.222. The molecular formula is C9H11N5O. The van der Waals surface area contributed by atoms with E-state index in [1.54, 1.807) is 0 Å². The molecule has 0 fully saturated rings. The van der Waals surface area contributed by atoms with E-state index in [0.717, 1.165) is 11.4 Å². The van der Waals surface area contributed by atoms with Crippen LogP contribution in [0.1, 0.15) is 11.4 Å². The van der Waals surface area contributed by atoms with Crippen LogP contribution in [0.2, 0.25) is 0 Å². The quantitative estimate of drug-likeness (QED) is 0.653. The summed E-state index contributed by atoms with van der Waals surface area (Å²) in [7, 11) is 0. The molecule has 2 rings (SSSR count). The first-order valence-electron chi connectivity index (χ1n) is 4.49. The van der Waals surface area contributed by atoms with Crippen LogP contribution in [0.4, 0.5) is 5.69 Å². The highest BCUT2D eigenvalue weighted by atomic mass is 16.1. The van der Waals surface area contributed by atoms with Gasteiger partial charge in [0.15, 0.2) is 5.82 Å². The van der Waals surface area contributed by atoms with Crippen molar-refractivity contribution in [2.24, 2.45) is 0 Å². The summed E-state index contributed by atoms with van der Waals surface area (Å²) in [6.45, 7) is 3.85. The van der Waals surface area contributed by atoms with E-state index < -0.39 is 0 Å². The van der Waals surface area contributed by atoms with E-state index in [-0.39, 0.29) is 0 Å². The van der Waals surface area contributed by atoms with Gasteiger partial charge >= 0.3 is 0 Å². The van der Waals surface area contributed by atoms with Crippen LogP contribution in [0, 0.1) is 13.8 Å². The Labute approximate surface area is 86.1 Å². The number of hydrogen-bond acceptors (Lipinski definition) is 3. The number of aryl methyl sites for hydroxylation is 2. The summed E-state index contributed by atoms with van der Waals surface area (Å²) in [5, 5.41) is 9.18. The van der Waals surface area contributed by atoms with Crippen molar-refractivity contribution < 1.29 is 4.79 Å². The molecule has 78 valence electrons. The molecule has 3 N–H and O–H groups in total. The molecule has 0 radical (unpaired) electrons. The number of rotatable bonds is 3. The molecule has 15 heavy (non-hydrogen) atoms. The summed E-state index contributed by atoms with van der Waals surface area (Å²) in [6.07, 6.45) is 2.15. The summed E-state index contributed by atoms with van der Waals surface area (Å²) in [4.78, 5) is 17.8. The zero-order valence-electron chi connectivity index (χ0n) is 8.46. The van der Waals surface area contributed by atoms with Crippen LogP contribution in [0.3, 0.4) is 0 Å². The Balaban J connectivity index is 2.44. The van der Waals surface area contributed by atoms with Crippen molar-refractivity contribution in [3.05, 3.63) is 17.6 Å². The van der Waals surface area contributed by atoms with Crippen molar-refractivity contribution in [1.82, 2.24) is 20.2 Å². The molecule has 1 amide bonds. The molecule has 0 saturated carbocycles. The van der Waals surface area contributed by atoms with Crippen LogP contribution in [0.15, 0.2) is 6.20 Å². The minimum Gasteiger partial charge on any atom is -0.341 e. The number of carbonyl (C=O) groups excluding carboxylic acids is 1. The number of carbonyl (C=O) groups is 1. The number of aromatic amines is 2. The molecule has 2 aromatic heterocycles. The maximum Gasteiger partial charge on any atom is 0.211 e. The maximum absolute atomic E-state index is 10.3. The molecule has 2 heterocycles. The van der Waals surface area contributed by atoms with E-state index in [2.05, 4.69) is 25.5 Å². The number of H-pyrrole nitrogens is 2. The van der Waals surface area contributed by atoms with Gasteiger partial charge in [0.05, 0.1) is 17.6 Å². The fourth-order valence-electron chi connectivity index (χ4n) is 1.31. The molecule has 0 aromatic carbocycles. The predicted octanol–water partition coefficient (Wildman–Crippen LogP) is 0.985. The molecule has 0 aliphatic rings. The van der Waals surface area contributed by atoms with Gasteiger partial charge in [-0.15, -0.1) is 0 Å². The Kier molecular flexibility index (Phi) is 2.24. The smallest absolute Gasteiger partial charge is 0.211 e. The molecule has 2 aromatic rings. The Bertz CT molecular complexity index is 465. The highest BCUT2D eigenvalue weighted by Gasteiger charge is 2.11. The number of hydrogen-bond donors (Lipinski definition) is 3. The lowest BCUT2D eigenvalue weighted by Gasteiger charge is -1.96. The van der Waals surface area contributed by atoms with Crippen LogP contribution in [0.5, 0.6) is 0 Å². The summed E-state index contributed by atoms with van der Waals surface area (Å²) < 4.78 is 0. The molecule has 0 bridgehead atoms. The van der Waals surface area contributed by atoms with E-state index >= 15 is 0 Å². The lowest BCUT2D eigenvalue weighted by atomic mass is 10.3. The average molecular weight is 205 g/mol. The molecule has 6 nitrogen and oxygen atoms in total. The van der Waals surface area contributed by atoms with Crippen LogP contribution in [0.25, 0.3) is 11.5 Å². The minimum absolute atomic E-state index is 0.608. The van der Waals surface area contributed by atoms with Gasteiger partial charge in [-0.2, -0.15) is 5.10 Å². The van der Waals surface area contributed by atoms with Gasteiger partial charge in [0.2, 0.25) is 6.41 Å². The Morgan fingerprint density at radius 1 is 1.47 bits per heavy atom. The van der Waals surface area contributed by atoms with Crippen molar-refractivity contribution >= 4 is 12.1 Å². The SMILES string of the molecule is Cc1nc(-c2[nH]ncc2NC=O)[nH]c1C. The third-order valence-electron chi connectivity index (χ3n) is 2.22. The predicted molar refractivity (Wildman–Crippen MR) is 55.3 cm³/mol. The van der Waals surface area contributed by atoms with Gasteiger partial charge in [-0.1, -0.05) is 0 Å². The highest BCUT2D eigenvalue weighted by Crippen LogP contribution is 2.22. The normalized spacial score (nSPS) is 10.3. The van der Waals surface area contributed by atoms with Gasteiger partial charge in [-0.25, -0.2) is 4.98 Å². The second-order valence-electron chi connectivity index (χ2n) is 3.22. The number of nitrogens with one attached hydrogen (secondary N) is 3. The molecule has 0 unspecified atom stereocenters. The largest absolute Gasteiger partial charge is 0.341 e. The van der Waals surface area contributed by atoms with E-state index in [1.165, 1.54) is 6.20 Å². The molecular weight excluding hydrogens is 194 g/mol. The number of anilines is 1. The van der Waals surface area contributed by atoms with Crippen LogP contribution >= 0.6 is 0 Å². The standard InChI is InChI=1S/C9H11N5O/c1-5-6(2)13-9(12-5)8-7(10-4-15)3-11-14-8/h3-4H,1-2H3,(H,10,15)(H,11,14)(H,12,13). The first-order valence-corrected chi connectivity index (χ1v) is 4.49. The minimum atomic E-state index is 0.608. The Hall–Kier alpha value is -2.11. The average Bonchev–Trinajstić information content (AvgIpc) is 2.76. The van der Waals surface area contributed by atoms with E-state index in [4.69, 9.17) is 0 Å². The van der Waals surface area contributed by atoms with Crippen LogP contribution < -0.4 is 5.32 Å². The number of amides is 1. The van der Waals surface area contributed by atoms with Crippen molar-refractivity contribution in [3.63, 3.8) is 0 Å². The maximum atomic E-state index is 10.3. The van der Waals surface area contributed by atoms with Crippen LogP contribution in [-0.2, 0) is 4.79 Å². The number of imidazole rings is 1.